The molecule has 5 heteroatoms. The highest BCUT2D eigenvalue weighted by Gasteiger charge is 2.25. The molecule has 1 amide bonds. The number of halogens is 1. The number of anilines is 1. The van der Waals surface area contributed by atoms with Gasteiger partial charge in [-0.25, -0.2) is 0 Å². The van der Waals surface area contributed by atoms with Gasteiger partial charge in [-0.15, -0.1) is 0 Å². The second-order valence-electron chi connectivity index (χ2n) is 4.84. The third kappa shape index (κ3) is 3.55. The Labute approximate surface area is 122 Å². The lowest BCUT2D eigenvalue weighted by Gasteiger charge is -2.34. The summed E-state index contributed by atoms with van der Waals surface area (Å²) < 4.78 is 1.02. The van der Waals surface area contributed by atoms with Crippen LogP contribution in [0.1, 0.15) is 6.92 Å². The summed E-state index contributed by atoms with van der Waals surface area (Å²) >= 11 is 3.40. The second kappa shape index (κ2) is 6.50. The number of amides is 1. The molecule has 0 bridgehead atoms. The summed E-state index contributed by atoms with van der Waals surface area (Å²) in [5, 5.41) is 3.30. The number of piperazine rings is 1. The second-order valence-corrected chi connectivity index (χ2v) is 5.75. The summed E-state index contributed by atoms with van der Waals surface area (Å²) in [5.41, 5.74) is 0.926. The van der Waals surface area contributed by atoms with Gasteiger partial charge in [0.2, 0.25) is 5.91 Å². The quantitative estimate of drug-likeness (QED) is 0.918. The Balaban J connectivity index is 2.03. The van der Waals surface area contributed by atoms with Crippen LogP contribution in [0.15, 0.2) is 28.7 Å². The highest BCUT2D eigenvalue weighted by molar-refractivity contribution is 9.10. The van der Waals surface area contributed by atoms with Gasteiger partial charge in [-0.3, -0.25) is 9.69 Å². The molecule has 104 valence electrons. The van der Waals surface area contributed by atoms with Crippen LogP contribution in [0.3, 0.4) is 0 Å². The summed E-state index contributed by atoms with van der Waals surface area (Å²) in [4.78, 5) is 16.4. The molecule has 1 heterocycles. The van der Waals surface area contributed by atoms with Crippen molar-refractivity contribution in [2.45, 2.75) is 13.0 Å². The molecule has 1 aliphatic heterocycles. The van der Waals surface area contributed by atoms with Gasteiger partial charge in [0.1, 0.15) is 0 Å². The topological polar surface area (TPSA) is 35.6 Å². The monoisotopic (exact) mass is 325 g/mol. The van der Waals surface area contributed by atoms with Gasteiger partial charge in [-0.1, -0.05) is 15.9 Å². The first-order chi connectivity index (χ1) is 9.09. The van der Waals surface area contributed by atoms with E-state index in [1.165, 1.54) is 0 Å². The molecule has 2 rings (SSSR count). The molecular weight excluding hydrogens is 306 g/mol. The van der Waals surface area contributed by atoms with E-state index in [-0.39, 0.29) is 11.9 Å². The Hall–Kier alpha value is -0.910. The molecule has 4 nitrogen and oxygen atoms in total. The summed E-state index contributed by atoms with van der Waals surface area (Å²) in [6.45, 7) is 5.77. The highest BCUT2D eigenvalue weighted by Crippen LogP contribution is 2.18. The number of hydrogen-bond acceptors (Lipinski definition) is 3. The van der Waals surface area contributed by atoms with Crippen LogP contribution in [0, 0.1) is 0 Å². The maximum absolute atomic E-state index is 12.5. The van der Waals surface area contributed by atoms with Crippen molar-refractivity contribution in [2.75, 3.05) is 38.1 Å². The van der Waals surface area contributed by atoms with Crippen LogP contribution in [0.4, 0.5) is 5.69 Å². The summed E-state index contributed by atoms with van der Waals surface area (Å²) in [6.07, 6.45) is 0. The summed E-state index contributed by atoms with van der Waals surface area (Å²) in [7, 11) is 1.84. The van der Waals surface area contributed by atoms with Gasteiger partial charge in [-0.05, 0) is 31.2 Å². The van der Waals surface area contributed by atoms with Crippen molar-refractivity contribution in [1.82, 2.24) is 10.2 Å². The zero-order valence-electron chi connectivity index (χ0n) is 11.4. The predicted molar refractivity (Wildman–Crippen MR) is 81.5 cm³/mol. The molecule has 1 aromatic rings. The minimum absolute atomic E-state index is 0.0734. The molecule has 0 radical (unpaired) electrons. The van der Waals surface area contributed by atoms with Gasteiger partial charge >= 0.3 is 0 Å². The average Bonchev–Trinajstić information content (AvgIpc) is 2.46. The molecule has 1 fully saturated rings. The van der Waals surface area contributed by atoms with E-state index in [0.29, 0.717) is 0 Å². The minimum atomic E-state index is -0.0734. The maximum Gasteiger partial charge on any atom is 0.243 e. The van der Waals surface area contributed by atoms with E-state index in [4.69, 9.17) is 0 Å². The molecule has 0 saturated carbocycles. The lowest BCUT2D eigenvalue weighted by molar-refractivity contribution is -0.123. The zero-order valence-corrected chi connectivity index (χ0v) is 13.0. The smallest absolute Gasteiger partial charge is 0.243 e. The molecule has 1 atom stereocenters. The first kappa shape index (κ1) is 14.5. The van der Waals surface area contributed by atoms with E-state index >= 15 is 0 Å². The molecule has 1 aliphatic rings. The molecular formula is C14H20BrN3O. The normalized spacial score (nSPS) is 18.1. The fourth-order valence-electron chi connectivity index (χ4n) is 2.30. The molecule has 1 N–H and O–H groups in total. The number of benzene rings is 1. The van der Waals surface area contributed by atoms with Crippen LogP contribution >= 0.6 is 15.9 Å². The number of nitrogens with one attached hydrogen (secondary N) is 1. The Bertz CT molecular complexity index is 429. The van der Waals surface area contributed by atoms with E-state index < -0.39 is 0 Å². The Morgan fingerprint density at radius 3 is 2.47 bits per heavy atom. The molecule has 1 unspecified atom stereocenters. The number of nitrogens with zero attached hydrogens (tertiary/aromatic N) is 2. The minimum Gasteiger partial charge on any atom is -0.314 e. The maximum atomic E-state index is 12.5. The van der Waals surface area contributed by atoms with Crippen LogP contribution in [0.25, 0.3) is 0 Å². The van der Waals surface area contributed by atoms with E-state index in [1.807, 2.05) is 38.2 Å². The van der Waals surface area contributed by atoms with Crippen LogP contribution in [0.5, 0.6) is 0 Å². The summed E-state index contributed by atoms with van der Waals surface area (Å²) in [6, 6.07) is 7.73. The zero-order chi connectivity index (χ0) is 13.8. The van der Waals surface area contributed by atoms with Crippen molar-refractivity contribution in [2.24, 2.45) is 0 Å². The van der Waals surface area contributed by atoms with Crippen molar-refractivity contribution in [1.29, 1.82) is 0 Å². The lowest BCUT2D eigenvalue weighted by Crippen LogP contribution is -2.53. The van der Waals surface area contributed by atoms with Gasteiger partial charge in [0.15, 0.2) is 0 Å². The van der Waals surface area contributed by atoms with Crippen LogP contribution < -0.4 is 10.2 Å². The molecule has 0 aliphatic carbocycles. The van der Waals surface area contributed by atoms with E-state index in [0.717, 1.165) is 36.3 Å². The van der Waals surface area contributed by atoms with Gasteiger partial charge < -0.3 is 10.2 Å². The Morgan fingerprint density at radius 1 is 1.32 bits per heavy atom. The van der Waals surface area contributed by atoms with Crippen LogP contribution in [0.2, 0.25) is 0 Å². The van der Waals surface area contributed by atoms with Crippen molar-refractivity contribution < 1.29 is 4.79 Å². The number of carbonyl (C=O) groups excluding carboxylic acids is 1. The van der Waals surface area contributed by atoms with Crippen LogP contribution in [-0.4, -0.2) is 50.1 Å². The average molecular weight is 326 g/mol. The van der Waals surface area contributed by atoms with E-state index in [9.17, 15) is 4.79 Å². The standard InChI is InChI=1S/C14H20BrN3O/c1-11(18-9-7-16-8-10-18)14(19)17(2)13-5-3-12(15)4-6-13/h3-6,11,16H,7-10H2,1-2H3. The van der Waals surface area contributed by atoms with E-state index in [2.05, 4.69) is 26.1 Å². The van der Waals surface area contributed by atoms with Crippen molar-refractivity contribution in [3.05, 3.63) is 28.7 Å². The summed E-state index contributed by atoms with van der Waals surface area (Å²) in [5.74, 6) is 0.143. The highest BCUT2D eigenvalue weighted by atomic mass is 79.9. The first-order valence-electron chi connectivity index (χ1n) is 6.57. The molecule has 19 heavy (non-hydrogen) atoms. The fourth-order valence-corrected chi connectivity index (χ4v) is 2.56. The van der Waals surface area contributed by atoms with Crippen molar-refractivity contribution >= 4 is 27.5 Å². The van der Waals surface area contributed by atoms with Gasteiger partial charge in [0, 0.05) is 43.4 Å². The predicted octanol–water partition coefficient (Wildman–Crippen LogP) is 1.71. The Morgan fingerprint density at radius 2 is 1.89 bits per heavy atom. The fraction of sp³-hybridized carbons (Fsp3) is 0.500. The number of likely N-dealkylation sites (N-methyl/N-ethyl adjacent to an activating group) is 1. The lowest BCUT2D eigenvalue weighted by atomic mass is 10.2. The van der Waals surface area contributed by atoms with Gasteiger partial charge in [-0.2, -0.15) is 0 Å². The number of carbonyl (C=O) groups is 1. The van der Waals surface area contributed by atoms with Crippen molar-refractivity contribution in [3.63, 3.8) is 0 Å². The van der Waals surface area contributed by atoms with Gasteiger partial charge in [0.25, 0.3) is 0 Å². The third-order valence-corrected chi connectivity index (χ3v) is 4.13. The van der Waals surface area contributed by atoms with Crippen molar-refractivity contribution in [3.8, 4) is 0 Å². The number of rotatable bonds is 3. The van der Waals surface area contributed by atoms with Gasteiger partial charge in [0.05, 0.1) is 6.04 Å². The third-order valence-electron chi connectivity index (χ3n) is 3.60. The molecule has 1 aromatic carbocycles. The van der Waals surface area contributed by atoms with Crippen LogP contribution in [-0.2, 0) is 4.79 Å². The number of hydrogen-bond donors (Lipinski definition) is 1. The van der Waals surface area contributed by atoms with E-state index in [1.54, 1.807) is 4.90 Å². The molecule has 1 saturated heterocycles. The largest absolute Gasteiger partial charge is 0.314 e. The first-order valence-corrected chi connectivity index (χ1v) is 7.37. The molecule has 0 spiro atoms. The SMILES string of the molecule is CC(C(=O)N(C)c1ccc(Br)cc1)N1CCNCC1. The Kier molecular flexibility index (Phi) is 4.96. The molecule has 0 aromatic heterocycles.